The summed E-state index contributed by atoms with van der Waals surface area (Å²) in [4.78, 5) is 16.1. The molecule has 0 fully saturated rings. The van der Waals surface area contributed by atoms with Crippen LogP contribution in [0.25, 0.3) is 0 Å². The van der Waals surface area contributed by atoms with Gasteiger partial charge in [-0.1, -0.05) is 25.1 Å². The number of aromatic nitrogens is 1. The molecule has 1 aromatic heterocycles. The van der Waals surface area contributed by atoms with Crippen LogP contribution in [0.15, 0.2) is 42.6 Å². The summed E-state index contributed by atoms with van der Waals surface area (Å²) in [6.07, 6.45) is 3.35. The van der Waals surface area contributed by atoms with Gasteiger partial charge in [0.25, 0.3) is 5.91 Å². The van der Waals surface area contributed by atoms with Gasteiger partial charge in [-0.3, -0.25) is 4.79 Å². The lowest BCUT2D eigenvalue weighted by atomic mass is 10.1. The summed E-state index contributed by atoms with van der Waals surface area (Å²) in [5.41, 5.74) is 1.73. The number of ether oxygens (including phenoxy) is 1. The first kappa shape index (κ1) is 16.8. The van der Waals surface area contributed by atoms with E-state index in [-0.39, 0.29) is 5.91 Å². The zero-order valence-electron chi connectivity index (χ0n) is 13.6. The monoisotopic (exact) mass is 313 g/mol. The van der Waals surface area contributed by atoms with Crippen LogP contribution in [0.5, 0.6) is 5.75 Å². The molecule has 0 atom stereocenters. The van der Waals surface area contributed by atoms with E-state index in [2.05, 4.69) is 21.7 Å². The molecule has 1 heterocycles. The zero-order chi connectivity index (χ0) is 16.5. The first-order chi connectivity index (χ1) is 11.2. The number of anilines is 1. The normalized spacial score (nSPS) is 10.2. The van der Waals surface area contributed by atoms with Crippen molar-refractivity contribution in [1.82, 2.24) is 10.3 Å². The molecule has 0 aliphatic carbocycles. The highest BCUT2D eigenvalue weighted by molar-refractivity contribution is 5.93. The molecule has 0 saturated heterocycles. The minimum atomic E-state index is -0.0834. The highest BCUT2D eigenvalue weighted by Crippen LogP contribution is 2.17. The van der Waals surface area contributed by atoms with Gasteiger partial charge in [-0.25, -0.2) is 4.98 Å². The van der Waals surface area contributed by atoms with Crippen LogP contribution in [0.2, 0.25) is 0 Å². The van der Waals surface area contributed by atoms with Crippen LogP contribution < -0.4 is 15.4 Å². The van der Waals surface area contributed by atoms with E-state index in [1.807, 2.05) is 31.2 Å². The highest BCUT2D eigenvalue weighted by Gasteiger charge is 2.05. The van der Waals surface area contributed by atoms with Crippen LogP contribution in [-0.4, -0.2) is 31.1 Å². The lowest BCUT2D eigenvalue weighted by Gasteiger charge is -2.09. The summed E-state index contributed by atoms with van der Waals surface area (Å²) in [6, 6.07) is 11.6. The van der Waals surface area contributed by atoms with Crippen molar-refractivity contribution < 1.29 is 9.53 Å². The largest absolute Gasteiger partial charge is 0.496 e. The number of carbonyl (C=O) groups is 1. The average molecular weight is 313 g/mol. The molecule has 2 rings (SSSR count). The van der Waals surface area contributed by atoms with Gasteiger partial charge in [0.2, 0.25) is 0 Å². The molecule has 0 radical (unpaired) electrons. The van der Waals surface area contributed by atoms with Crippen LogP contribution in [0.3, 0.4) is 0 Å². The van der Waals surface area contributed by atoms with Gasteiger partial charge in [-0.2, -0.15) is 0 Å². The Morgan fingerprint density at radius 3 is 2.70 bits per heavy atom. The maximum absolute atomic E-state index is 11.8. The van der Waals surface area contributed by atoms with E-state index in [0.29, 0.717) is 12.1 Å². The molecule has 0 aliphatic rings. The molecule has 0 aliphatic heterocycles. The van der Waals surface area contributed by atoms with Crippen LogP contribution in [0, 0.1) is 0 Å². The number of nitrogens with zero attached hydrogens (tertiary/aromatic N) is 1. The number of hydrogen-bond donors (Lipinski definition) is 2. The number of amides is 1. The molecule has 23 heavy (non-hydrogen) atoms. The second kappa shape index (κ2) is 8.78. The summed E-state index contributed by atoms with van der Waals surface area (Å²) in [5, 5.41) is 6.09. The summed E-state index contributed by atoms with van der Waals surface area (Å²) in [5.74, 6) is 1.57. The number of hydrogen-bond acceptors (Lipinski definition) is 4. The number of pyridine rings is 1. The summed E-state index contributed by atoms with van der Waals surface area (Å²) in [6.45, 7) is 3.44. The van der Waals surface area contributed by atoms with Crippen molar-refractivity contribution in [3.63, 3.8) is 0 Å². The topological polar surface area (TPSA) is 63.2 Å². The lowest BCUT2D eigenvalue weighted by molar-refractivity contribution is 0.0953. The predicted octanol–water partition coefficient (Wildman–Crippen LogP) is 2.88. The van der Waals surface area contributed by atoms with Gasteiger partial charge < -0.3 is 15.4 Å². The number of carbonyl (C=O) groups excluding carboxylic acids is 1. The first-order valence-electron chi connectivity index (χ1n) is 7.84. The van der Waals surface area contributed by atoms with E-state index in [1.165, 1.54) is 0 Å². The van der Waals surface area contributed by atoms with Gasteiger partial charge in [0.05, 0.1) is 12.7 Å². The second-order valence-corrected chi connectivity index (χ2v) is 5.18. The Morgan fingerprint density at radius 2 is 2.00 bits per heavy atom. The van der Waals surface area contributed by atoms with Gasteiger partial charge in [0, 0.05) is 19.3 Å². The molecule has 1 amide bonds. The summed E-state index contributed by atoms with van der Waals surface area (Å²) < 4.78 is 5.33. The van der Waals surface area contributed by atoms with Crippen LogP contribution in [0.1, 0.15) is 29.3 Å². The van der Waals surface area contributed by atoms with E-state index in [0.717, 1.165) is 36.5 Å². The molecule has 5 heteroatoms. The minimum absolute atomic E-state index is 0.0834. The van der Waals surface area contributed by atoms with Crippen molar-refractivity contribution in [1.29, 1.82) is 0 Å². The van der Waals surface area contributed by atoms with E-state index in [1.54, 1.807) is 19.4 Å². The van der Waals surface area contributed by atoms with Gasteiger partial charge >= 0.3 is 0 Å². The number of nitrogens with one attached hydrogen (secondary N) is 2. The Bertz CT molecular complexity index is 626. The SMILES string of the molecule is CCCNC(=O)c1ccc(NCCc2ccccc2OC)nc1. The van der Waals surface area contributed by atoms with E-state index in [9.17, 15) is 4.79 Å². The third-order valence-corrected chi connectivity index (χ3v) is 3.45. The predicted molar refractivity (Wildman–Crippen MR) is 92.0 cm³/mol. The summed E-state index contributed by atoms with van der Waals surface area (Å²) >= 11 is 0. The maximum atomic E-state index is 11.8. The van der Waals surface area contributed by atoms with Gasteiger partial charge in [-0.15, -0.1) is 0 Å². The van der Waals surface area contributed by atoms with Crippen molar-refractivity contribution in [2.75, 3.05) is 25.5 Å². The fourth-order valence-electron chi connectivity index (χ4n) is 2.21. The average Bonchev–Trinajstić information content (AvgIpc) is 2.60. The Morgan fingerprint density at radius 1 is 1.17 bits per heavy atom. The van der Waals surface area contributed by atoms with Crippen LogP contribution >= 0.6 is 0 Å². The van der Waals surface area contributed by atoms with Crippen molar-refractivity contribution in [3.05, 3.63) is 53.7 Å². The van der Waals surface area contributed by atoms with E-state index < -0.39 is 0 Å². The third kappa shape index (κ3) is 4.98. The molecule has 1 aromatic carbocycles. The van der Waals surface area contributed by atoms with Crippen molar-refractivity contribution in [2.45, 2.75) is 19.8 Å². The minimum Gasteiger partial charge on any atom is -0.496 e. The fourth-order valence-corrected chi connectivity index (χ4v) is 2.21. The first-order valence-corrected chi connectivity index (χ1v) is 7.84. The van der Waals surface area contributed by atoms with Gasteiger partial charge in [0.15, 0.2) is 0 Å². The molecular formula is C18H23N3O2. The third-order valence-electron chi connectivity index (χ3n) is 3.45. The molecule has 0 unspecified atom stereocenters. The highest BCUT2D eigenvalue weighted by atomic mass is 16.5. The standard InChI is InChI=1S/C18H23N3O2/c1-3-11-20-18(22)15-8-9-17(21-13-15)19-12-10-14-6-4-5-7-16(14)23-2/h4-9,13H,3,10-12H2,1-2H3,(H,19,21)(H,20,22). The van der Waals surface area contributed by atoms with E-state index in [4.69, 9.17) is 4.74 Å². The maximum Gasteiger partial charge on any atom is 0.252 e. The fraction of sp³-hybridized carbons (Fsp3) is 0.333. The van der Waals surface area contributed by atoms with E-state index >= 15 is 0 Å². The zero-order valence-corrected chi connectivity index (χ0v) is 13.6. The lowest BCUT2D eigenvalue weighted by Crippen LogP contribution is -2.24. The smallest absolute Gasteiger partial charge is 0.252 e. The number of methoxy groups -OCH3 is 1. The second-order valence-electron chi connectivity index (χ2n) is 5.18. The molecule has 0 saturated carbocycles. The van der Waals surface area contributed by atoms with Gasteiger partial charge in [-0.05, 0) is 36.6 Å². The molecule has 2 aromatic rings. The molecule has 122 valence electrons. The quantitative estimate of drug-likeness (QED) is 0.786. The number of rotatable bonds is 8. The number of para-hydroxylation sites is 1. The van der Waals surface area contributed by atoms with Crippen LogP contribution in [0.4, 0.5) is 5.82 Å². The Kier molecular flexibility index (Phi) is 6.41. The molecule has 5 nitrogen and oxygen atoms in total. The van der Waals surface area contributed by atoms with Crippen molar-refractivity contribution >= 4 is 11.7 Å². The number of benzene rings is 1. The molecular weight excluding hydrogens is 290 g/mol. The van der Waals surface area contributed by atoms with Crippen molar-refractivity contribution in [3.8, 4) is 5.75 Å². The van der Waals surface area contributed by atoms with Crippen molar-refractivity contribution in [2.24, 2.45) is 0 Å². The summed E-state index contributed by atoms with van der Waals surface area (Å²) in [7, 11) is 1.68. The Balaban J connectivity index is 1.85. The Hall–Kier alpha value is -2.56. The Labute approximate surface area is 137 Å². The van der Waals surface area contributed by atoms with Gasteiger partial charge in [0.1, 0.15) is 11.6 Å². The van der Waals surface area contributed by atoms with Crippen LogP contribution in [-0.2, 0) is 6.42 Å². The molecule has 0 bridgehead atoms. The molecule has 0 spiro atoms. The molecule has 2 N–H and O–H groups in total.